The lowest BCUT2D eigenvalue weighted by atomic mass is 10.1. The topological polar surface area (TPSA) is 60.0 Å². The normalized spacial score (nSPS) is 12.7. The molecule has 1 aliphatic heterocycles. The van der Waals surface area contributed by atoms with E-state index in [2.05, 4.69) is 12.2 Å². The summed E-state index contributed by atoms with van der Waals surface area (Å²) in [5.74, 6) is 2.38. The van der Waals surface area contributed by atoms with Gasteiger partial charge in [-0.25, -0.2) is 0 Å². The lowest BCUT2D eigenvalue weighted by Gasteiger charge is -2.13. The first-order valence-corrected chi connectivity index (χ1v) is 7.22. The molecule has 0 bridgehead atoms. The van der Waals surface area contributed by atoms with Crippen LogP contribution in [-0.4, -0.2) is 31.7 Å². The number of ether oxygens (including phenoxy) is 3. The molecule has 2 N–H and O–H groups in total. The maximum atomic E-state index is 8.75. The summed E-state index contributed by atoms with van der Waals surface area (Å²) in [5.41, 5.74) is 1.08. The molecule has 112 valence electrons. The van der Waals surface area contributed by atoms with Crippen molar-refractivity contribution in [2.75, 3.05) is 26.6 Å². The molecule has 20 heavy (non-hydrogen) atoms. The van der Waals surface area contributed by atoms with E-state index in [-0.39, 0.29) is 13.4 Å². The van der Waals surface area contributed by atoms with Crippen molar-refractivity contribution in [3.63, 3.8) is 0 Å². The van der Waals surface area contributed by atoms with Crippen LogP contribution in [0.25, 0.3) is 0 Å². The molecule has 0 amide bonds. The molecule has 5 heteroatoms. The van der Waals surface area contributed by atoms with Gasteiger partial charge in [-0.05, 0) is 31.9 Å². The van der Waals surface area contributed by atoms with E-state index < -0.39 is 0 Å². The second-order valence-corrected chi connectivity index (χ2v) is 4.73. The Balaban J connectivity index is 1.97. The number of hydrogen-bond acceptors (Lipinski definition) is 5. The van der Waals surface area contributed by atoms with Crippen LogP contribution in [0, 0.1) is 0 Å². The number of rotatable bonds is 9. The summed E-state index contributed by atoms with van der Waals surface area (Å²) in [4.78, 5) is 0. The van der Waals surface area contributed by atoms with Gasteiger partial charge in [-0.15, -0.1) is 0 Å². The third-order valence-electron chi connectivity index (χ3n) is 3.18. The Morgan fingerprint density at radius 2 is 2.00 bits per heavy atom. The first-order chi connectivity index (χ1) is 9.85. The van der Waals surface area contributed by atoms with Crippen molar-refractivity contribution in [2.24, 2.45) is 0 Å². The van der Waals surface area contributed by atoms with Crippen molar-refractivity contribution >= 4 is 0 Å². The van der Waals surface area contributed by atoms with E-state index in [1.54, 1.807) is 0 Å². The van der Waals surface area contributed by atoms with E-state index in [9.17, 15) is 0 Å². The van der Waals surface area contributed by atoms with Gasteiger partial charge in [0.05, 0.1) is 6.61 Å². The van der Waals surface area contributed by atoms with E-state index in [1.165, 1.54) is 0 Å². The summed E-state index contributed by atoms with van der Waals surface area (Å²) in [5, 5.41) is 12.0. The number of aliphatic hydroxyl groups excluding tert-OH is 1. The van der Waals surface area contributed by atoms with E-state index in [1.807, 2.05) is 12.1 Å². The Labute approximate surface area is 119 Å². The van der Waals surface area contributed by atoms with Crippen molar-refractivity contribution in [1.29, 1.82) is 0 Å². The van der Waals surface area contributed by atoms with Crippen LogP contribution in [0.3, 0.4) is 0 Å². The summed E-state index contributed by atoms with van der Waals surface area (Å²) < 4.78 is 16.6. The molecule has 0 spiro atoms. The zero-order chi connectivity index (χ0) is 14.2. The second kappa shape index (κ2) is 7.97. The summed E-state index contributed by atoms with van der Waals surface area (Å²) >= 11 is 0. The van der Waals surface area contributed by atoms with Gasteiger partial charge in [0.25, 0.3) is 0 Å². The quantitative estimate of drug-likeness (QED) is 0.679. The third kappa shape index (κ3) is 4.02. The number of fused-ring (bicyclic) bond motifs is 1. The highest BCUT2D eigenvalue weighted by atomic mass is 16.7. The highest BCUT2D eigenvalue weighted by Gasteiger charge is 2.17. The fourth-order valence-electron chi connectivity index (χ4n) is 2.07. The second-order valence-electron chi connectivity index (χ2n) is 4.73. The van der Waals surface area contributed by atoms with Crippen molar-refractivity contribution in [2.45, 2.75) is 32.7 Å². The molecule has 0 atom stereocenters. The van der Waals surface area contributed by atoms with Crippen LogP contribution in [0.5, 0.6) is 17.2 Å². The lowest BCUT2D eigenvalue weighted by Crippen LogP contribution is -2.13. The smallest absolute Gasteiger partial charge is 0.231 e. The van der Waals surface area contributed by atoms with Crippen LogP contribution in [0.2, 0.25) is 0 Å². The van der Waals surface area contributed by atoms with Crippen LogP contribution in [0.1, 0.15) is 31.7 Å². The molecule has 0 saturated carbocycles. The molecule has 0 aromatic heterocycles. The van der Waals surface area contributed by atoms with Gasteiger partial charge in [-0.3, -0.25) is 0 Å². The van der Waals surface area contributed by atoms with E-state index in [0.717, 1.165) is 55.2 Å². The predicted octanol–water partition coefficient (Wildman–Crippen LogP) is 2.07. The van der Waals surface area contributed by atoms with Gasteiger partial charge in [-0.1, -0.05) is 6.92 Å². The highest BCUT2D eigenvalue weighted by Crippen LogP contribution is 2.38. The van der Waals surface area contributed by atoms with Crippen LogP contribution < -0.4 is 19.5 Å². The Morgan fingerprint density at radius 3 is 2.75 bits per heavy atom. The standard InChI is InChI=1S/C15H23NO4/c1-2-16-10-12-8-14-15(20-11-19-14)9-13(12)18-7-5-3-4-6-17/h8-9,16-17H,2-7,10-11H2,1H3. The van der Waals surface area contributed by atoms with Gasteiger partial charge >= 0.3 is 0 Å². The first kappa shape index (κ1) is 14.9. The molecule has 0 aliphatic carbocycles. The minimum atomic E-state index is 0.246. The van der Waals surface area contributed by atoms with Gasteiger partial charge in [0.1, 0.15) is 5.75 Å². The largest absolute Gasteiger partial charge is 0.493 e. The molecule has 0 unspecified atom stereocenters. The number of unbranched alkanes of at least 4 members (excludes halogenated alkanes) is 2. The molecule has 5 nitrogen and oxygen atoms in total. The van der Waals surface area contributed by atoms with Crippen molar-refractivity contribution in [3.8, 4) is 17.2 Å². The van der Waals surface area contributed by atoms with E-state index in [4.69, 9.17) is 19.3 Å². The van der Waals surface area contributed by atoms with Crippen molar-refractivity contribution in [3.05, 3.63) is 17.7 Å². The fraction of sp³-hybridized carbons (Fsp3) is 0.600. The SMILES string of the molecule is CCNCc1cc2c(cc1OCCCCCO)OCO2. The Kier molecular flexibility index (Phi) is 5.95. The van der Waals surface area contributed by atoms with Crippen LogP contribution in [0.15, 0.2) is 12.1 Å². The average Bonchev–Trinajstić information content (AvgIpc) is 2.91. The van der Waals surface area contributed by atoms with Crippen molar-refractivity contribution in [1.82, 2.24) is 5.32 Å². The minimum Gasteiger partial charge on any atom is -0.493 e. The average molecular weight is 281 g/mol. The van der Waals surface area contributed by atoms with Crippen LogP contribution in [0.4, 0.5) is 0 Å². The fourth-order valence-corrected chi connectivity index (χ4v) is 2.07. The van der Waals surface area contributed by atoms with Gasteiger partial charge in [-0.2, -0.15) is 0 Å². The van der Waals surface area contributed by atoms with E-state index >= 15 is 0 Å². The number of hydrogen-bond donors (Lipinski definition) is 2. The molecule has 1 aliphatic rings. The van der Waals surface area contributed by atoms with Gasteiger partial charge in [0.15, 0.2) is 11.5 Å². The Hall–Kier alpha value is -1.46. The molecule has 1 aromatic rings. The monoisotopic (exact) mass is 281 g/mol. The Bertz CT molecular complexity index is 423. The van der Waals surface area contributed by atoms with Gasteiger partial charge < -0.3 is 24.6 Å². The molecular weight excluding hydrogens is 258 g/mol. The first-order valence-electron chi connectivity index (χ1n) is 7.22. The molecule has 0 fully saturated rings. The summed E-state index contributed by atoms with van der Waals surface area (Å²) in [6.45, 7) is 4.90. The van der Waals surface area contributed by atoms with E-state index in [0.29, 0.717) is 6.61 Å². The van der Waals surface area contributed by atoms with Gasteiger partial charge in [0.2, 0.25) is 6.79 Å². The summed E-state index contributed by atoms with van der Waals surface area (Å²) in [6.07, 6.45) is 2.74. The molecule has 2 rings (SSSR count). The summed E-state index contributed by atoms with van der Waals surface area (Å²) in [6, 6.07) is 3.88. The molecule has 1 heterocycles. The minimum absolute atomic E-state index is 0.246. The maximum absolute atomic E-state index is 8.75. The Morgan fingerprint density at radius 1 is 1.20 bits per heavy atom. The maximum Gasteiger partial charge on any atom is 0.231 e. The zero-order valence-electron chi connectivity index (χ0n) is 12.0. The van der Waals surface area contributed by atoms with Crippen LogP contribution in [-0.2, 0) is 6.54 Å². The lowest BCUT2D eigenvalue weighted by molar-refractivity contribution is 0.173. The zero-order valence-corrected chi connectivity index (χ0v) is 12.0. The number of aliphatic hydroxyl groups is 1. The highest BCUT2D eigenvalue weighted by molar-refractivity contribution is 5.51. The molecule has 0 radical (unpaired) electrons. The third-order valence-corrected chi connectivity index (χ3v) is 3.18. The molecule has 1 aromatic carbocycles. The predicted molar refractivity (Wildman–Crippen MR) is 76.4 cm³/mol. The van der Waals surface area contributed by atoms with Gasteiger partial charge in [0, 0.05) is 24.8 Å². The van der Waals surface area contributed by atoms with Crippen molar-refractivity contribution < 1.29 is 19.3 Å². The summed E-state index contributed by atoms with van der Waals surface area (Å²) in [7, 11) is 0. The number of benzene rings is 1. The van der Waals surface area contributed by atoms with Crippen LogP contribution >= 0.6 is 0 Å². The molecular formula is C15H23NO4. The number of nitrogens with one attached hydrogen (secondary N) is 1. The molecule has 0 saturated heterocycles.